The van der Waals surface area contributed by atoms with Crippen molar-refractivity contribution >= 4 is 39.7 Å². The van der Waals surface area contributed by atoms with Gasteiger partial charge in [-0.2, -0.15) is 0 Å². The second-order valence-corrected chi connectivity index (χ2v) is 6.10. The van der Waals surface area contributed by atoms with Gasteiger partial charge < -0.3 is 0 Å². The van der Waals surface area contributed by atoms with Crippen LogP contribution in [0.2, 0.25) is 5.02 Å². The highest BCUT2D eigenvalue weighted by Crippen LogP contribution is 2.26. The van der Waals surface area contributed by atoms with Crippen LogP contribution in [0, 0.1) is 10.1 Å². The van der Waals surface area contributed by atoms with Crippen LogP contribution in [-0.2, 0) is 0 Å². The van der Waals surface area contributed by atoms with Crippen molar-refractivity contribution in [3.63, 3.8) is 0 Å². The maximum atomic E-state index is 12.2. The molecule has 0 saturated carbocycles. The first-order valence-electron chi connectivity index (χ1n) is 6.80. The van der Waals surface area contributed by atoms with Crippen LogP contribution < -0.4 is 5.32 Å². The first-order chi connectivity index (χ1) is 11.5. The van der Waals surface area contributed by atoms with Gasteiger partial charge in [-0.05, 0) is 24.3 Å². The smallest absolute Gasteiger partial charge is 0.269 e. The van der Waals surface area contributed by atoms with Crippen molar-refractivity contribution in [2.24, 2.45) is 0 Å². The van der Waals surface area contributed by atoms with Gasteiger partial charge in [-0.25, -0.2) is 4.98 Å². The number of amides is 1. The van der Waals surface area contributed by atoms with Crippen LogP contribution in [-0.4, -0.2) is 15.8 Å². The van der Waals surface area contributed by atoms with Crippen LogP contribution >= 0.6 is 22.9 Å². The number of carbonyl (C=O) groups is 1. The van der Waals surface area contributed by atoms with E-state index in [1.54, 1.807) is 12.1 Å². The summed E-state index contributed by atoms with van der Waals surface area (Å²) in [6.07, 6.45) is 0. The normalized spacial score (nSPS) is 10.4. The first kappa shape index (κ1) is 16.1. The summed E-state index contributed by atoms with van der Waals surface area (Å²) in [6.45, 7) is 0. The Hall–Kier alpha value is -2.77. The van der Waals surface area contributed by atoms with Crippen LogP contribution in [0.3, 0.4) is 0 Å². The third kappa shape index (κ3) is 3.58. The van der Waals surface area contributed by atoms with Crippen molar-refractivity contribution in [2.75, 3.05) is 5.32 Å². The number of nitrogens with one attached hydrogen (secondary N) is 1. The van der Waals surface area contributed by atoms with Crippen molar-refractivity contribution < 1.29 is 9.72 Å². The average Bonchev–Trinajstić information content (AvgIpc) is 3.04. The van der Waals surface area contributed by atoms with Crippen molar-refractivity contribution in [1.29, 1.82) is 0 Å². The summed E-state index contributed by atoms with van der Waals surface area (Å²) in [5, 5.41) is 16.2. The Morgan fingerprint density at radius 3 is 2.42 bits per heavy atom. The first-order valence-corrected chi connectivity index (χ1v) is 8.06. The second-order valence-electron chi connectivity index (χ2n) is 4.80. The lowest BCUT2D eigenvalue weighted by Crippen LogP contribution is -2.11. The topological polar surface area (TPSA) is 85.1 Å². The molecule has 1 heterocycles. The molecule has 0 aliphatic rings. The van der Waals surface area contributed by atoms with E-state index in [0.717, 1.165) is 11.3 Å². The minimum absolute atomic E-state index is 0.0641. The third-order valence-electron chi connectivity index (χ3n) is 3.20. The molecule has 8 heteroatoms. The Morgan fingerprint density at radius 2 is 1.79 bits per heavy atom. The Morgan fingerprint density at radius 1 is 1.12 bits per heavy atom. The summed E-state index contributed by atoms with van der Waals surface area (Å²) in [6, 6.07) is 12.6. The number of hydrogen-bond donors (Lipinski definition) is 1. The van der Waals surface area contributed by atoms with Gasteiger partial charge in [-0.3, -0.25) is 20.2 Å². The standard InChI is InChI=1S/C16H10ClN3O3S/c17-12-5-1-10(2-6-12)14-9-24-16(18-14)19-15(21)11-3-7-13(8-4-11)20(22)23/h1-9H,(H,18,19,21). The number of hydrogen-bond acceptors (Lipinski definition) is 5. The number of non-ortho nitro benzene ring substituents is 1. The number of nitro benzene ring substituents is 1. The number of halogens is 1. The minimum atomic E-state index is -0.513. The Bertz CT molecular complexity index is 892. The number of rotatable bonds is 4. The molecule has 6 nitrogen and oxygen atoms in total. The van der Waals surface area contributed by atoms with E-state index in [0.29, 0.717) is 15.7 Å². The molecule has 0 aliphatic carbocycles. The predicted molar refractivity (Wildman–Crippen MR) is 93.6 cm³/mol. The molecule has 2 aromatic carbocycles. The van der Waals surface area contributed by atoms with E-state index in [9.17, 15) is 14.9 Å². The highest BCUT2D eigenvalue weighted by atomic mass is 35.5. The number of thiazole rings is 1. The van der Waals surface area contributed by atoms with Crippen molar-refractivity contribution in [3.8, 4) is 11.3 Å². The lowest BCUT2D eigenvalue weighted by Gasteiger charge is -2.01. The zero-order valence-electron chi connectivity index (χ0n) is 12.1. The van der Waals surface area contributed by atoms with Gasteiger partial charge >= 0.3 is 0 Å². The Balaban J connectivity index is 1.73. The van der Waals surface area contributed by atoms with Crippen molar-refractivity contribution in [1.82, 2.24) is 4.98 Å². The van der Waals surface area contributed by atoms with E-state index in [1.807, 2.05) is 17.5 Å². The Kier molecular flexibility index (Phi) is 4.54. The molecule has 1 amide bonds. The molecule has 0 aliphatic heterocycles. The van der Waals surface area contributed by atoms with Gasteiger partial charge in [0.25, 0.3) is 11.6 Å². The largest absolute Gasteiger partial charge is 0.298 e. The molecule has 0 unspecified atom stereocenters. The number of anilines is 1. The lowest BCUT2D eigenvalue weighted by molar-refractivity contribution is -0.384. The highest BCUT2D eigenvalue weighted by molar-refractivity contribution is 7.14. The predicted octanol–water partition coefficient (Wildman–Crippen LogP) is 4.62. The van der Waals surface area contributed by atoms with Crippen LogP contribution in [0.5, 0.6) is 0 Å². The lowest BCUT2D eigenvalue weighted by atomic mass is 10.2. The molecule has 3 rings (SSSR count). The number of benzene rings is 2. The van der Waals surface area contributed by atoms with Crippen molar-refractivity contribution in [3.05, 3.63) is 74.6 Å². The fraction of sp³-hybridized carbons (Fsp3) is 0. The summed E-state index contributed by atoms with van der Waals surface area (Å²) in [5.74, 6) is -0.373. The molecule has 1 aromatic heterocycles. The molecule has 0 spiro atoms. The summed E-state index contributed by atoms with van der Waals surface area (Å²) in [7, 11) is 0. The summed E-state index contributed by atoms with van der Waals surface area (Å²) in [5.41, 5.74) is 1.89. The quantitative estimate of drug-likeness (QED) is 0.543. The Labute approximate surface area is 145 Å². The van der Waals surface area contributed by atoms with Gasteiger partial charge in [0.15, 0.2) is 5.13 Å². The van der Waals surface area contributed by atoms with Gasteiger partial charge in [0.2, 0.25) is 0 Å². The highest BCUT2D eigenvalue weighted by Gasteiger charge is 2.12. The van der Waals surface area contributed by atoms with E-state index in [2.05, 4.69) is 10.3 Å². The van der Waals surface area contributed by atoms with Crippen molar-refractivity contribution in [2.45, 2.75) is 0 Å². The molecule has 0 radical (unpaired) electrons. The van der Waals surface area contributed by atoms with Crippen LogP contribution in [0.15, 0.2) is 53.9 Å². The van der Waals surface area contributed by atoms with E-state index >= 15 is 0 Å². The molecule has 0 saturated heterocycles. The number of nitro groups is 1. The summed E-state index contributed by atoms with van der Waals surface area (Å²) >= 11 is 7.15. The second kappa shape index (κ2) is 6.77. The molecule has 1 N–H and O–H groups in total. The summed E-state index contributed by atoms with van der Waals surface area (Å²) in [4.78, 5) is 26.6. The van der Waals surface area contributed by atoms with Crippen LogP contribution in [0.4, 0.5) is 10.8 Å². The fourth-order valence-corrected chi connectivity index (χ4v) is 2.83. The van der Waals surface area contributed by atoms with Gasteiger partial charge in [0.05, 0.1) is 10.6 Å². The molecule has 0 atom stereocenters. The average molecular weight is 360 g/mol. The zero-order valence-corrected chi connectivity index (χ0v) is 13.7. The SMILES string of the molecule is O=C(Nc1nc(-c2ccc(Cl)cc2)cs1)c1ccc([N+](=O)[O-])cc1. The molecule has 0 fully saturated rings. The van der Waals surface area contributed by atoms with Crippen LogP contribution in [0.1, 0.15) is 10.4 Å². The van der Waals surface area contributed by atoms with E-state index in [1.165, 1.54) is 35.6 Å². The summed E-state index contributed by atoms with van der Waals surface area (Å²) < 4.78 is 0. The van der Waals surface area contributed by atoms with E-state index in [-0.39, 0.29) is 11.6 Å². The molecule has 24 heavy (non-hydrogen) atoms. The van der Waals surface area contributed by atoms with Gasteiger partial charge in [0.1, 0.15) is 0 Å². The van der Waals surface area contributed by atoms with E-state index in [4.69, 9.17) is 11.6 Å². The third-order valence-corrected chi connectivity index (χ3v) is 4.21. The van der Waals surface area contributed by atoms with Crippen LogP contribution in [0.25, 0.3) is 11.3 Å². The number of nitrogens with zero attached hydrogens (tertiary/aromatic N) is 2. The van der Waals surface area contributed by atoms with Gasteiger partial charge in [-0.15, -0.1) is 11.3 Å². The fourth-order valence-electron chi connectivity index (χ4n) is 1.99. The minimum Gasteiger partial charge on any atom is -0.298 e. The monoisotopic (exact) mass is 359 g/mol. The molecular weight excluding hydrogens is 350 g/mol. The molecular formula is C16H10ClN3O3S. The number of aromatic nitrogens is 1. The van der Waals surface area contributed by atoms with E-state index < -0.39 is 4.92 Å². The maximum Gasteiger partial charge on any atom is 0.269 e. The zero-order chi connectivity index (χ0) is 17.1. The van der Waals surface area contributed by atoms with Gasteiger partial charge in [0, 0.05) is 33.7 Å². The molecule has 120 valence electrons. The molecule has 0 bridgehead atoms. The number of carbonyl (C=O) groups excluding carboxylic acids is 1. The van der Waals surface area contributed by atoms with Gasteiger partial charge in [-0.1, -0.05) is 23.7 Å². The maximum absolute atomic E-state index is 12.2. The molecule has 3 aromatic rings.